The largest absolute Gasteiger partial charge is 0.493 e. The Labute approximate surface area is 201 Å². The Kier molecular flexibility index (Phi) is 5.86. The molecule has 0 unspecified atom stereocenters. The van der Waals surface area contributed by atoms with Crippen molar-refractivity contribution >= 4 is 43.5 Å². The monoisotopic (exact) mass is 469 g/mol. The van der Waals surface area contributed by atoms with Crippen LogP contribution in [0.15, 0.2) is 72.8 Å². The molecule has 3 aromatic carbocycles. The Morgan fingerprint density at radius 2 is 1.62 bits per heavy atom. The van der Waals surface area contributed by atoms with Crippen LogP contribution in [0.4, 0.5) is 5.13 Å². The summed E-state index contributed by atoms with van der Waals surface area (Å²) in [7, 11) is 3.20. The number of fused-ring (bicyclic) bond motifs is 2. The summed E-state index contributed by atoms with van der Waals surface area (Å²) in [6.07, 6.45) is 0. The van der Waals surface area contributed by atoms with Gasteiger partial charge in [-0.05, 0) is 49.4 Å². The molecule has 0 spiro atoms. The zero-order valence-corrected chi connectivity index (χ0v) is 19.9. The predicted octanol–water partition coefficient (Wildman–Crippen LogP) is 6.20. The number of carbonyl (C=O) groups excluding carboxylic acids is 1. The minimum Gasteiger partial charge on any atom is -0.493 e. The van der Waals surface area contributed by atoms with Crippen LogP contribution in [0.5, 0.6) is 11.5 Å². The van der Waals surface area contributed by atoms with E-state index in [4.69, 9.17) is 19.4 Å². The molecule has 0 aliphatic rings. The number of aromatic nitrogens is 2. The lowest BCUT2D eigenvalue weighted by molar-refractivity contribution is 0.0990. The highest BCUT2D eigenvalue weighted by Gasteiger charge is 2.23. The second-order valence-electron chi connectivity index (χ2n) is 7.66. The summed E-state index contributed by atoms with van der Waals surface area (Å²) in [5.74, 6) is 1.13. The van der Waals surface area contributed by atoms with Gasteiger partial charge in [0.2, 0.25) is 0 Å². The molecule has 7 heteroatoms. The summed E-state index contributed by atoms with van der Waals surface area (Å²) in [4.78, 5) is 25.2. The van der Waals surface area contributed by atoms with Gasteiger partial charge in [-0.15, -0.1) is 0 Å². The third-order valence-electron chi connectivity index (χ3n) is 5.70. The van der Waals surface area contributed by atoms with Crippen molar-refractivity contribution in [2.75, 3.05) is 25.7 Å². The van der Waals surface area contributed by atoms with Gasteiger partial charge in [0, 0.05) is 17.5 Å². The van der Waals surface area contributed by atoms with E-state index in [1.54, 1.807) is 19.1 Å². The van der Waals surface area contributed by atoms with Crippen molar-refractivity contribution in [3.05, 3.63) is 78.4 Å². The molecular formula is C27H23N3O3S. The normalized spacial score (nSPS) is 11.0. The molecule has 0 atom stereocenters. The summed E-state index contributed by atoms with van der Waals surface area (Å²) in [5.41, 5.74) is 3.73. The molecule has 0 radical (unpaired) electrons. The maximum absolute atomic E-state index is 13.9. The van der Waals surface area contributed by atoms with E-state index >= 15 is 0 Å². The van der Waals surface area contributed by atoms with Gasteiger partial charge in [-0.1, -0.05) is 41.7 Å². The van der Waals surface area contributed by atoms with Crippen LogP contribution in [0, 0.1) is 0 Å². The van der Waals surface area contributed by atoms with E-state index in [9.17, 15) is 4.79 Å². The van der Waals surface area contributed by atoms with Crippen molar-refractivity contribution in [3.8, 4) is 22.8 Å². The number of anilines is 1. The third kappa shape index (κ3) is 3.84. The van der Waals surface area contributed by atoms with Crippen LogP contribution in [-0.2, 0) is 0 Å². The summed E-state index contributed by atoms with van der Waals surface area (Å²) >= 11 is 1.52. The molecular weight excluding hydrogens is 446 g/mol. The van der Waals surface area contributed by atoms with Gasteiger partial charge in [0.1, 0.15) is 0 Å². The van der Waals surface area contributed by atoms with E-state index in [1.807, 2.05) is 79.7 Å². The van der Waals surface area contributed by atoms with Crippen molar-refractivity contribution in [1.29, 1.82) is 0 Å². The van der Waals surface area contributed by atoms with Gasteiger partial charge in [-0.2, -0.15) is 0 Å². The molecule has 5 rings (SSSR count). The average molecular weight is 470 g/mol. The Bertz CT molecular complexity index is 1480. The molecule has 0 N–H and O–H groups in total. The minimum atomic E-state index is -0.109. The Hall–Kier alpha value is -3.97. The SMILES string of the molecule is CCN(C(=O)c1cc(-c2ccc(OC)c(OC)c2)nc2ccccc12)c1nc2ccccc2s1. The number of carbonyl (C=O) groups is 1. The number of para-hydroxylation sites is 2. The average Bonchev–Trinajstić information content (AvgIpc) is 3.31. The van der Waals surface area contributed by atoms with E-state index in [0.29, 0.717) is 34.4 Å². The van der Waals surface area contributed by atoms with Crippen LogP contribution in [0.1, 0.15) is 17.3 Å². The van der Waals surface area contributed by atoms with E-state index in [-0.39, 0.29) is 5.91 Å². The molecule has 2 heterocycles. The lowest BCUT2D eigenvalue weighted by Crippen LogP contribution is -2.30. The number of hydrogen-bond acceptors (Lipinski definition) is 6. The molecule has 34 heavy (non-hydrogen) atoms. The van der Waals surface area contributed by atoms with Crippen molar-refractivity contribution in [2.24, 2.45) is 0 Å². The maximum atomic E-state index is 13.9. The van der Waals surface area contributed by atoms with Crippen molar-refractivity contribution in [2.45, 2.75) is 6.92 Å². The molecule has 0 aliphatic heterocycles. The number of ether oxygens (including phenoxy) is 2. The number of nitrogens with zero attached hydrogens (tertiary/aromatic N) is 3. The van der Waals surface area contributed by atoms with E-state index in [2.05, 4.69) is 0 Å². The van der Waals surface area contributed by atoms with Gasteiger partial charge in [0.25, 0.3) is 5.91 Å². The molecule has 0 saturated carbocycles. The molecule has 0 saturated heterocycles. The first-order valence-electron chi connectivity index (χ1n) is 10.9. The molecule has 6 nitrogen and oxygen atoms in total. The zero-order valence-electron chi connectivity index (χ0n) is 19.1. The van der Waals surface area contributed by atoms with Gasteiger partial charge >= 0.3 is 0 Å². The Morgan fingerprint density at radius 3 is 2.35 bits per heavy atom. The summed E-state index contributed by atoms with van der Waals surface area (Å²) in [6.45, 7) is 2.46. The summed E-state index contributed by atoms with van der Waals surface area (Å²) in [6, 6.07) is 23.1. The van der Waals surface area contributed by atoms with Gasteiger partial charge in [0.05, 0.1) is 41.2 Å². The number of benzene rings is 3. The topological polar surface area (TPSA) is 64.6 Å². The van der Waals surface area contributed by atoms with Crippen molar-refractivity contribution in [3.63, 3.8) is 0 Å². The molecule has 2 aromatic heterocycles. The van der Waals surface area contributed by atoms with E-state index in [1.165, 1.54) is 11.3 Å². The second-order valence-corrected chi connectivity index (χ2v) is 8.66. The molecule has 0 fully saturated rings. The minimum absolute atomic E-state index is 0.109. The summed E-state index contributed by atoms with van der Waals surface area (Å²) in [5, 5.41) is 1.48. The van der Waals surface area contributed by atoms with E-state index in [0.717, 1.165) is 26.7 Å². The highest BCUT2D eigenvalue weighted by atomic mass is 32.1. The Balaban J connectivity index is 1.64. The molecule has 0 aliphatic carbocycles. The van der Waals surface area contributed by atoms with Gasteiger partial charge in [0.15, 0.2) is 16.6 Å². The number of amides is 1. The van der Waals surface area contributed by atoms with Crippen LogP contribution in [0.3, 0.4) is 0 Å². The van der Waals surface area contributed by atoms with Crippen LogP contribution < -0.4 is 14.4 Å². The predicted molar refractivity (Wildman–Crippen MR) is 137 cm³/mol. The summed E-state index contributed by atoms with van der Waals surface area (Å²) < 4.78 is 11.9. The molecule has 170 valence electrons. The highest BCUT2D eigenvalue weighted by Crippen LogP contribution is 2.34. The number of pyridine rings is 1. The number of hydrogen-bond donors (Lipinski definition) is 0. The first-order chi connectivity index (χ1) is 16.6. The van der Waals surface area contributed by atoms with Crippen molar-refractivity contribution in [1.82, 2.24) is 9.97 Å². The number of rotatable bonds is 6. The first-order valence-corrected chi connectivity index (χ1v) is 11.7. The van der Waals surface area contributed by atoms with E-state index < -0.39 is 0 Å². The zero-order chi connectivity index (χ0) is 23.7. The third-order valence-corrected chi connectivity index (χ3v) is 6.76. The smallest absolute Gasteiger partial charge is 0.260 e. The maximum Gasteiger partial charge on any atom is 0.260 e. The van der Waals surface area contributed by atoms with Crippen LogP contribution in [-0.4, -0.2) is 36.6 Å². The fourth-order valence-corrected chi connectivity index (χ4v) is 5.01. The fourth-order valence-electron chi connectivity index (χ4n) is 3.98. The highest BCUT2D eigenvalue weighted by molar-refractivity contribution is 7.22. The van der Waals surface area contributed by atoms with Crippen LogP contribution in [0.2, 0.25) is 0 Å². The van der Waals surface area contributed by atoms with Crippen LogP contribution in [0.25, 0.3) is 32.4 Å². The Morgan fingerprint density at radius 1 is 0.882 bits per heavy atom. The lowest BCUT2D eigenvalue weighted by Gasteiger charge is -2.19. The number of methoxy groups -OCH3 is 2. The second kappa shape index (κ2) is 9.11. The van der Waals surface area contributed by atoms with Crippen LogP contribution >= 0.6 is 11.3 Å². The standard InChI is InChI=1S/C27H23N3O3S/c1-4-30(27-29-21-11-7-8-12-25(21)34-27)26(31)19-16-22(28-20-10-6-5-9-18(19)20)17-13-14-23(32-2)24(15-17)33-3/h5-16H,4H2,1-3H3. The molecule has 0 bridgehead atoms. The molecule has 1 amide bonds. The fraction of sp³-hybridized carbons (Fsp3) is 0.148. The molecule has 5 aromatic rings. The number of thiazole rings is 1. The lowest BCUT2D eigenvalue weighted by atomic mass is 10.0. The van der Waals surface area contributed by atoms with Crippen molar-refractivity contribution < 1.29 is 14.3 Å². The van der Waals surface area contributed by atoms with Gasteiger partial charge in [-0.25, -0.2) is 9.97 Å². The quantitative estimate of drug-likeness (QED) is 0.296. The van der Waals surface area contributed by atoms with Gasteiger partial charge < -0.3 is 9.47 Å². The first kappa shape index (κ1) is 21.9. The van der Waals surface area contributed by atoms with Gasteiger partial charge in [-0.3, -0.25) is 9.69 Å².